The van der Waals surface area contributed by atoms with Crippen LogP contribution in [0.2, 0.25) is 0 Å². The number of aliphatic imine (C=N–C) groups is 1. The summed E-state index contributed by atoms with van der Waals surface area (Å²) in [5.41, 5.74) is 2.44. The van der Waals surface area contributed by atoms with Crippen molar-refractivity contribution in [1.82, 2.24) is 0 Å². The molecule has 0 bridgehead atoms. The first kappa shape index (κ1) is 26.2. The van der Waals surface area contributed by atoms with Crippen LogP contribution in [0.4, 0.5) is 24.5 Å². The van der Waals surface area contributed by atoms with Crippen molar-refractivity contribution in [2.75, 3.05) is 11.3 Å². The van der Waals surface area contributed by atoms with E-state index in [0.717, 1.165) is 5.69 Å². The van der Waals surface area contributed by atoms with Crippen LogP contribution in [0.15, 0.2) is 90.1 Å². The van der Waals surface area contributed by atoms with E-state index < -0.39 is 21.6 Å². The summed E-state index contributed by atoms with van der Waals surface area (Å²) in [6.07, 6.45) is 2.52. The highest BCUT2D eigenvalue weighted by atomic mass is 32.2. The molecule has 1 heterocycles. The number of anilines is 1. The lowest BCUT2D eigenvalue weighted by Crippen LogP contribution is -2.30. The predicted molar refractivity (Wildman–Crippen MR) is 136 cm³/mol. The molecule has 3 aromatic rings. The molecule has 0 amide bonds. The molecule has 0 fully saturated rings. The number of benzene rings is 3. The van der Waals surface area contributed by atoms with Gasteiger partial charge in [-0.25, -0.2) is 0 Å². The third-order valence-electron chi connectivity index (χ3n) is 5.81. The Morgan fingerprint density at radius 1 is 1.11 bits per heavy atom. The molecule has 0 saturated heterocycles. The Morgan fingerprint density at radius 2 is 1.81 bits per heavy atom. The summed E-state index contributed by atoms with van der Waals surface area (Å²) >= 11 is 0. The molecule has 4 rings (SSSR count). The maximum absolute atomic E-state index is 12.9. The highest BCUT2D eigenvalue weighted by Crippen LogP contribution is 2.41. The summed E-state index contributed by atoms with van der Waals surface area (Å²) in [5, 5.41) is 11.1. The second kappa shape index (κ2) is 10.7. The summed E-state index contributed by atoms with van der Waals surface area (Å²) in [5.74, 6) is 0.0218. The van der Waals surface area contributed by atoms with Gasteiger partial charge in [-0.3, -0.25) is 9.71 Å². The Labute approximate surface area is 212 Å². The average Bonchev–Trinajstić information content (AvgIpc) is 2.86. The summed E-state index contributed by atoms with van der Waals surface area (Å²) < 4.78 is 69.5. The van der Waals surface area contributed by atoms with Gasteiger partial charge in [0, 0.05) is 22.8 Å². The zero-order valence-electron chi connectivity index (χ0n) is 19.4. The number of nitrogens with zero attached hydrogens (tertiary/aromatic N) is 1. The van der Waals surface area contributed by atoms with Gasteiger partial charge < -0.3 is 15.6 Å². The van der Waals surface area contributed by atoms with Gasteiger partial charge in [-0.2, -0.15) is 21.6 Å². The predicted octanol–water partition coefficient (Wildman–Crippen LogP) is 5.29. The maximum Gasteiger partial charge on any atom is 0.516 e. The molecule has 11 heteroatoms. The van der Waals surface area contributed by atoms with E-state index in [9.17, 15) is 26.7 Å². The molecule has 0 spiro atoms. The number of rotatable bonds is 7. The minimum atomic E-state index is -5.60. The minimum absolute atomic E-state index is 0.159. The fraction of sp³-hybridized carbons (Fsp3) is 0.192. The molecule has 4 N–H and O–H groups in total. The molecule has 1 aliphatic heterocycles. The normalized spacial score (nSPS) is 18.3. The largest absolute Gasteiger partial charge is 0.516 e. The number of alkyl halides is 3. The van der Waals surface area contributed by atoms with E-state index in [-0.39, 0.29) is 23.8 Å². The van der Waals surface area contributed by atoms with E-state index in [2.05, 4.69) is 4.99 Å². The first-order chi connectivity index (χ1) is 17.6. The number of hydrogen-bond donors (Lipinski definition) is 3. The van der Waals surface area contributed by atoms with Gasteiger partial charge in [0.1, 0.15) is 5.75 Å². The van der Waals surface area contributed by atoms with Crippen molar-refractivity contribution in [3.63, 3.8) is 0 Å². The molecule has 0 unspecified atom stereocenters. The Morgan fingerprint density at radius 3 is 2.51 bits per heavy atom. The molecular weight excluding hydrogens is 507 g/mol. The summed E-state index contributed by atoms with van der Waals surface area (Å²) in [7, 11) is -5.60. The lowest BCUT2D eigenvalue weighted by atomic mass is 9.88. The third kappa shape index (κ3) is 5.95. The lowest BCUT2D eigenvalue weighted by molar-refractivity contribution is -0.0429. The molecule has 7 nitrogen and oxygen atoms in total. The third-order valence-corrected chi connectivity index (χ3v) is 6.91. The van der Waals surface area contributed by atoms with Gasteiger partial charge in [0.2, 0.25) is 0 Å². The molecular formula is C26H24F3N3O4S. The van der Waals surface area contributed by atoms with Gasteiger partial charge in [-0.15, -0.1) is 0 Å². The molecule has 0 aliphatic carbocycles. The van der Waals surface area contributed by atoms with Crippen LogP contribution in [0, 0.1) is 5.92 Å². The van der Waals surface area contributed by atoms with Gasteiger partial charge in [-0.1, -0.05) is 48.5 Å². The summed E-state index contributed by atoms with van der Waals surface area (Å²) in [6, 6.07) is 19.8. The zero-order valence-corrected chi connectivity index (χ0v) is 20.2. The number of aliphatic hydroxyl groups is 1. The van der Waals surface area contributed by atoms with Crippen LogP contribution in [0.1, 0.15) is 18.1 Å². The molecule has 37 heavy (non-hydrogen) atoms. The van der Waals surface area contributed by atoms with Crippen molar-refractivity contribution in [3.05, 3.63) is 90.6 Å². The fourth-order valence-electron chi connectivity index (χ4n) is 4.01. The molecule has 0 saturated carbocycles. The van der Waals surface area contributed by atoms with Crippen molar-refractivity contribution in [2.24, 2.45) is 16.6 Å². The number of nitrogens with two attached hydrogens (primary N) is 1. The molecule has 194 valence electrons. The summed E-state index contributed by atoms with van der Waals surface area (Å²) in [6.45, 7) is 0.159. The number of fused-ring (bicyclic) bond motifs is 1. The molecule has 2 atom stereocenters. The number of hydrogen-bond acceptors (Lipinski definition) is 6. The monoisotopic (exact) mass is 531 g/mol. The minimum Gasteiger partial charge on any atom is -0.493 e. The number of sulfonamides is 1. The Hall–Kier alpha value is -3.83. The highest BCUT2D eigenvalue weighted by molar-refractivity contribution is 7.93. The molecule has 3 aromatic carbocycles. The number of nitrogens with one attached hydrogen (secondary N) is 1. The van der Waals surface area contributed by atoms with Crippen molar-refractivity contribution in [2.45, 2.75) is 18.0 Å². The van der Waals surface area contributed by atoms with E-state index in [1.54, 1.807) is 35.1 Å². The van der Waals surface area contributed by atoms with Crippen LogP contribution in [-0.2, 0) is 10.0 Å². The average molecular weight is 532 g/mol. The number of para-hydroxylation sites is 2. The van der Waals surface area contributed by atoms with E-state index in [1.165, 1.54) is 24.4 Å². The van der Waals surface area contributed by atoms with Crippen LogP contribution < -0.4 is 15.2 Å². The quantitative estimate of drug-likeness (QED) is 0.359. The standard InChI is InChI=1S/C26H24F3N3O4S/c27-26(28,29)37(34,35)32-23-9-5-4-8-21(23)17-10-11-22-24(15-17)36-16-18(25(22)33)14-20(12-13-30)31-19-6-2-1-3-7-19/h1-13,15,18,25,32-33H,14,16,30H2/t18-,25+/m0/s1. The zero-order chi connectivity index (χ0) is 26.6. The number of aliphatic hydroxyl groups excluding tert-OH is 1. The number of ether oxygens (including phenoxy) is 1. The van der Waals surface area contributed by atoms with E-state index in [1.807, 2.05) is 30.3 Å². The Kier molecular flexibility index (Phi) is 7.55. The van der Waals surface area contributed by atoms with Crippen molar-refractivity contribution >= 4 is 27.1 Å². The Balaban J connectivity index is 1.59. The van der Waals surface area contributed by atoms with Crippen molar-refractivity contribution < 1.29 is 31.4 Å². The van der Waals surface area contributed by atoms with E-state index in [0.29, 0.717) is 29.0 Å². The second-order valence-electron chi connectivity index (χ2n) is 8.37. The first-order valence-electron chi connectivity index (χ1n) is 11.2. The van der Waals surface area contributed by atoms with Crippen LogP contribution in [0.3, 0.4) is 0 Å². The van der Waals surface area contributed by atoms with Crippen molar-refractivity contribution in [3.8, 4) is 16.9 Å². The van der Waals surface area contributed by atoms with Crippen molar-refractivity contribution in [1.29, 1.82) is 0 Å². The molecule has 1 aliphatic rings. The van der Waals surface area contributed by atoms with E-state index >= 15 is 0 Å². The van der Waals surface area contributed by atoms with Crippen LogP contribution >= 0.6 is 0 Å². The topological polar surface area (TPSA) is 114 Å². The van der Waals surface area contributed by atoms with Gasteiger partial charge in [0.05, 0.1) is 24.1 Å². The summed E-state index contributed by atoms with van der Waals surface area (Å²) in [4.78, 5) is 4.59. The highest BCUT2D eigenvalue weighted by Gasteiger charge is 2.46. The molecule has 0 aromatic heterocycles. The first-order valence-corrected chi connectivity index (χ1v) is 12.7. The fourth-order valence-corrected chi connectivity index (χ4v) is 4.59. The molecule has 0 radical (unpaired) electrons. The smallest absolute Gasteiger partial charge is 0.493 e. The number of halogens is 3. The lowest BCUT2D eigenvalue weighted by Gasteiger charge is -2.31. The van der Waals surface area contributed by atoms with Gasteiger partial charge in [0.25, 0.3) is 0 Å². The number of allylic oxidation sites excluding steroid dienone is 1. The van der Waals surface area contributed by atoms with Crippen LogP contribution in [-0.4, -0.2) is 31.4 Å². The van der Waals surface area contributed by atoms with Gasteiger partial charge in [-0.05, 0) is 48.5 Å². The SMILES string of the molecule is NC=CC(C[C@H]1COc2cc(-c3ccccc3NS(=O)(=O)C(F)(F)F)ccc2[C@@H]1O)=Nc1ccccc1. The Bertz CT molecular complexity index is 1420. The van der Waals surface area contributed by atoms with E-state index in [4.69, 9.17) is 10.5 Å². The second-order valence-corrected chi connectivity index (χ2v) is 10.0. The maximum atomic E-state index is 12.9. The van der Waals surface area contributed by atoms with Crippen LogP contribution in [0.5, 0.6) is 5.75 Å². The van der Waals surface area contributed by atoms with Gasteiger partial charge >= 0.3 is 15.5 Å². The van der Waals surface area contributed by atoms with Crippen LogP contribution in [0.25, 0.3) is 11.1 Å². The van der Waals surface area contributed by atoms with Gasteiger partial charge in [0.15, 0.2) is 0 Å².